The highest BCUT2D eigenvalue weighted by atomic mass is 16.3. The van der Waals surface area contributed by atoms with Crippen LogP contribution in [0.15, 0.2) is 18.2 Å². The van der Waals surface area contributed by atoms with E-state index in [-0.39, 0.29) is 0 Å². The van der Waals surface area contributed by atoms with E-state index in [4.69, 9.17) is 0 Å². The summed E-state index contributed by atoms with van der Waals surface area (Å²) in [6, 6.07) is 7.09. The number of benzene rings is 1. The zero-order valence-corrected chi connectivity index (χ0v) is 12.7. The molecule has 3 unspecified atom stereocenters. The fourth-order valence-electron chi connectivity index (χ4n) is 4.23. The number of phenolic OH excluding ortho intramolecular Hbond substituents is 1. The maximum absolute atomic E-state index is 9.97. The van der Waals surface area contributed by atoms with Crippen LogP contribution in [-0.4, -0.2) is 11.1 Å². The monoisotopic (exact) mass is 273 g/mol. The summed E-state index contributed by atoms with van der Waals surface area (Å²) in [6.07, 6.45) is 7.58. The molecule has 0 aromatic heterocycles. The van der Waals surface area contributed by atoms with Gasteiger partial charge in [0.15, 0.2) is 0 Å². The largest absolute Gasteiger partial charge is 0.508 e. The van der Waals surface area contributed by atoms with E-state index in [0.29, 0.717) is 17.8 Å². The molecule has 1 aromatic carbocycles. The third kappa shape index (κ3) is 2.58. The van der Waals surface area contributed by atoms with Gasteiger partial charge in [-0.2, -0.15) is 0 Å². The van der Waals surface area contributed by atoms with E-state index in [9.17, 15) is 5.11 Å². The van der Waals surface area contributed by atoms with Crippen molar-refractivity contribution >= 4 is 0 Å². The van der Waals surface area contributed by atoms with Crippen molar-refractivity contribution in [2.75, 3.05) is 0 Å². The second-order valence-electron chi connectivity index (χ2n) is 6.90. The van der Waals surface area contributed by atoms with E-state index in [2.05, 4.69) is 25.2 Å². The molecule has 110 valence electrons. The Balaban J connectivity index is 1.74. The highest BCUT2D eigenvalue weighted by Gasteiger charge is 2.32. The first-order chi connectivity index (χ1) is 9.66. The second-order valence-corrected chi connectivity index (χ2v) is 6.90. The van der Waals surface area contributed by atoms with E-state index in [1.807, 2.05) is 12.1 Å². The molecular weight excluding hydrogens is 246 g/mol. The van der Waals surface area contributed by atoms with Gasteiger partial charge in [-0.05, 0) is 54.7 Å². The molecule has 0 radical (unpaired) electrons. The second kappa shape index (κ2) is 5.77. The molecule has 0 bridgehead atoms. The minimum atomic E-state index is 0.446. The van der Waals surface area contributed by atoms with Gasteiger partial charge in [0.25, 0.3) is 0 Å². The molecular formula is C18H27NO. The average Bonchev–Trinajstić information content (AvgIpc) is 2.84. The molecule has 0 spiro atoms. The van der Waals surface area contributed by atoms with Crippen LogP contribution in [0.4, 0.5) is 0 Å². The van der Waals surface area contributed by atoms with Crippen LogP contribution in [0.5, 0.6) is 5.75 Å². The summed E-state index contributed by atoms with van der Waals surface area (Å²) in [5.41, 5.74) is 2.50. The van der Waals surface area contributed by atoms with E-state index >= 15 is 0 Å². The molecule has 2 aliphatic rings. The number of hydrogen-bond acceptors (Lipinski definition) is 2. The fourth-order valence-corrected chi connectivity index (χ4v) is 4.23. The molecule has 2 heteroatoms. The van der Waals surface area contributed by atoms with Crippen molar-refractivity contribution in [2.45, 2.75) is 64.5 Å². The van der Waals surface area contributed by atoms with Gasteiger partial charge in [-0.1, -0.05) is 38.8 Å². The molecule has 2 nitrogen and oxygen atoms in total. The molecule has 0 aliphatic heterocycles. The lowest BCUT2D eigenvalue weighted by Gasteiger charge is -2.37. The summed E-state index contributed by atoms with van der Waals surface area (Å²) in [5, 5.41) is 13.9. The Hall–Kier alpha value is -1.02. The number of fused-ring (bicyclic) bond motifs is 1. The first kappa shape index (κ1) is 13.9. The van der Waals surface area contributed by atoms with Gasteiger partial charge in [0.05, 0.1) is 0 Å². The summed E-state index contributed by atoms with van der Waals surface area (Å²) in [4.78, 5) is 0. The minimum absolute atomic E-state index is 0.446. The first-order valence-electron chi connectivity index (χ1n) is 8.23. The molecule has 3 atom stereocenters. The van der Waals surface area contributed by atoms with Crippen LogP contribution in [0.25, 0.3) is 0 Å². The SMILES string of the molecule is CC(C)C1CCCCC1NC1CCc2c(O)cccc21. The Morgan fingerprint density at radius 2 is 1.95 bits per heavy atom. The maximum atomic E-state index is 9.97. The van der Waals surface area contributed by atoms with Gasteiger partial charge < -0.3 is 10.4 Å². The summed E-state index contributed by atoms with van der Waals surface area (Å²) >= 11 is 0. The summed E-state index contributed by atoms with van der Waals surface area (Å²) in [7, 11) is 0. The quantitative estimate of drug-likeness (QED) is 0.865. The lowest BCUT2D eigenvalue weighted by molar-refractivity contribution is 0.192. The third-order valence-electron chi connectivity index (χ3n) is 5.34. The van der Waals surface area contributed by atoms with Crippen molar-refractivity contribution in [3.8, 4) is 5.75 Å². The lowest BCUT2D eigenvalue weighted by Crippen LogP contribution is -2.42. The highest BCUT2D eigenvalue weighted by molar-refractivity contribution is 5.44. The smallest absolute Gasteiger partial charge is 0.119 e. The highest BCUT2D eigenvalue weighted by Crippen LogP contribution is 2.39. The zero-order valence-electron chi connectivity index (χ0n) is 12.7. The van der Waals surface area contributed by atoms with Gasteiger partial charge in [-0.3, -0.25) is 0 Å². The van der Waals surface area contributed by atoms with E-state index in [1.54, 1.807) is 0 Å². The van der Waals surface area contributed by atoms with Crippen LogP contribution in [0, 0.1) is 11.8 Å². The Bertz CT molecular complexity index is 468. The van der Waals surface area contributed by atoms with Crippen molar-refractivity contribution in [3.63, 3.8) is 0 Å². The topological polar surface area (TPSA) is 32.3 Å². The fraction of sp³-hybridized carbons (Fsp3) is 0.667. The van der Waals surface area contributed by atoms with Crippen LogP contribution < -0.4 is 5.32 Å². The maximum Gasteiger partial charge on any atom is 0.119 e. The molecule has 2 aliphatic carbocycles. The van der Waals surface area contributed by atoms with Crippen LogP contribution in [-0.2, 0) is 6.42 Å². The molecule has 0 heterocycles. The van der Waals surface area contributed by atoms with E-state index in [1.165, 1.54) is 36.8 Å². The van der Waals surface area contributed by atoms with Gasteiger partial charge in [0.1, 0.15) is 5.75 Å². The first-order valence-corrected chi connectivity index (χ1v) is 8.23. The van der Waals surface area contributed by atoms with Gasteiger partial charge >= 0.3 is 0 Å². The van der Waals surface area contributed by atoms with Crippen molar-refractivity contribution in [1.82, 2.24) is 5.32 Å². The molecule has 0 saturated heterocycles. The number of rotatable bonds is 3. The van der Waals surface area contributed by atoms with Gasteiger partial charge in [0, 0.05) is 12.1 Å². The zero-order chi connectivity index (χ0) is 14.1. The van der Waals surface area contributed by atoms with Crippen LogP contribution in [0.3, 0.4) is 0 Å². The number of hydrogen-bond donors (Lipinski definition) is 2. The Labute approximate surface area is 122 Å². The van der Waals surface area contributed by atoms with Crippen LogP contribution >= 0.6 is 0 Å². The van der Waals surface area contributed by atoms with Crippen molar-refractivity contribution in [2.24, 2.45) is 11.8 Å². The molecule has 1 fully saturated rings. The van der Waals surface area contributed by atoms with Crippen molar-refractivity contribution in [1.29, 1.82) is 0 Å². The predicted octanol–water partition coefficient (Wildman–Crippen LogP) is 4.18. The Morgan fingerprint density at radius 1 is 1.15 bits per heavy atom. The van der Waals surface area contributed by atoms with Crippen LogP contribution in [0.2, 0.25) is 0 Å². The molecule has 2 N–H and O–H groups in total. The predicted molar refractivity (Wildman–Crippen MR) is 82.9 cm³/mol. The summed E-state index contributed by atoms with van der Waals surface area (Å²) < 4.78 is 0. The normalized spacial score (nSPS) is 29.6. The van der Waals surface area contributed by atoms with Gasteiger partial charge in [-0.15, -0.1) is 0 Å². The van der Waals surface area contributed by atoms with E-state index in [0.717, 1.165) is 24.7 Å². The molecule has 20 heavy (non-hydrogen) atoms. The molecule has 3 rings (SSSR count). The van der Waals surface area contributed by atoms with Crippen molar-refractivity contribution in [3.05, 3.63) is 29.3 Å². The Morgan fingerprint density at radius 3 is 2.75 bits per heavy atom. The minimum Gasteiger partial charge on any atom is -0.508 e. The Kier molecular flexibility index (Phi) is 4.02. The lowest BCUT2D eigenvalue weighted by atomic mass is 9.77. The van der Waals surface area contributed by atoms with Gasteiger partial charge in [-0.25, -0.2) is 0 Å². The number of aromatic hydroxyl groups is 1. The summed E-state index contributed by atoms with van der Waals surface area (Å²) in [6.45, 7) is 4.72. The van der Waals surface area contributed by atoms with Crippen LogP contribution in [0.1, 0.15) is 63.1 Å². The number of nitrogens with one attached hydrogen (secondary N) is 1. The van der Waals surface area contributed by atoms with E-state index < -0.39 is 0 Å². The summed E-state index contributed by atoms with van der Waals surface area (Å²) in [5.74, 6) is 2.05. The number of phenols is 1. The third-order valence-corrected chi connectivity index (χ3v) is 5.34. The molecule has 1 saturated carbocycles. The van der Waals surface area contributed by atoms with Crippen molar-refractivity contribution < 1.29 is 5.11 Å². The molecule has 0 amide bonds. The average molecular weight is 273 g/mol. The molecule has 1 aromatic rings. The van der Waals surface area contributed by atoms with Gasteiger partial charge in [0.2, 0.25) is 0 Å². The standard InChI is InChI=1S/C18H27NO/c1-12(2)13-6-3-4-8-16(13)19-17-11-10-15-14(17)7-5-9-18(15)20/h5,7,9,12-13,16-17,19-20H,3-4,6,8,10-11H2,1-2H3.